The summed E-state index contributed by atoms with van der Waals surface area (Å²) in [4.78, 5) is 2.37. The lowest BCUT2D eigenvalue weighted by molar-refractivity contribution is 0.0877. The van der Waals surface area contributed by atoms with Crippen LogP contribution in [0.5, 0.6) is 0 Å². The van der Waals surface area contributed by atoms with E-state index in [4.69, 9.17) is 0 Å². The summed E-state index contributed by atoms with van der Waals surface area (Å²) in [5.41, 5.74) is 1.18. The van der Waals surface area contributed by atoms with Crippen LogP contribution in [0.2, 0.25) is 0 Å². The molecule has 0 radical (unpaired) electrons. The number of rotatable bonds is 3. The van der Waals surface area contributed by atoms with Gasteiger partial charge in [-0.2, -0.15) is 4.31 Å². The highest BCUT2D eigenvalue weighted by molar-refractivity contribution is 7.88. The van der Waals surface area contributed by atoms with Crippen molar-refractivity contribution in [3.8, 4) is 0 Å². The first-order chi connectivity index (χ1) is 8.89. The lowest BCUT2D eigenvalue weighted by atomic mass is 10.0. The summed E-state index contributed by atoms with van der Waals surface area (Å²) < 4.78 is 25.1. The number of sulfonamides is 1. The molecule has 0 saturated carbocycles. The Bertz CT molecular complexity index is 514. The van der Waals surface area contributed by atoms with E-state index >= 15 is 0 Å². The van der Waals surface area contributed by atoms with E-state index in [9.17, 15) is 8.42 Å². The van der Waals surface area contributed by atoms with E-state index in [2.05, 4.69) is 30.9 Å². The highest BCUT2D eigenvalue weighted by Crippen LogP contribution is 2.28. The van der Waals surface area contributed by atoms with Crippen molar-refractivity contribution < 1.29 is 8.42 Å². The van der Waals surface area contributed by atoms with E-state index in [0.29, 0.717) is 19.1 Å². The zero-order valence-electron chi connectivity index (χ0n) is 11.8. The van der Waals surface area contributed by atoms with Crippen molar-refractivity contribution >= 4 is 10.0 Å². The van der Waals surface area contributed by atoms with Crippen molar-refractivity contribution in [2.75, 3.05) is 25.9 Å². The summed E-state index contributed by atoms with van der Waals surface area (Å²) in [5.74, 6) is 0. The molecule has 1 aliphatic heterocycles. The largest absolute Gasteiger partial charge is 0.291 e. The van der Waals surface area contributed by atoms with Gasteiger partial charge in [0.05, 0.1) is 6.26 Å². The van der Waals surface area contributed by atoms with Crippen molar-refractivity contribution in [2.24, 2.45) is 0 Å². The van der Waals surface area contributed by atoms with Gasteiger partial charge in [0.15, 0.2) is 0 Å². The number of hydrogen-bond donors (Lipinski definition) is 0. The van der Waals surface area contributed by atoms with Crippen molar-refractivity contribution in [3.63, 3.8) is 0 Å². The minimum absolute atomic E-state index is 0.143. The number of nitrogens with zero attached hydrogens (tertiary/aromatic N) is 2. The molecule has 0 spiro atoms. The zero-order valence-corrected chi connectivity index (χ0v) is 12.6. The topological polar surface area (TPSA) is 40.6 Å². The predicted molar refractivity (Wildman–Crippen MR) is 77.4 cm³/mol. The molecule has 1 aliphatic rings. The van der Waals surface area contributed by atoms with Gasteiger partial charge in [0.2, 0.25) is 10.0 Å². The highest BCUT2D eigenvalue weighted by atomic mass is 32.2. The molecule has 19 heavy (non-hydrogen) atoms. The Labute approximate surface area is 116 Å². The summed E-state index contributed by atoms with van der Waals surface area (Å²) in [6.07, 6.45) is 1.29. The quantitative estimate of drug-likeness (QED) is 0.847. The third-order valence-electron chi connectivity index (χ3n) is 3.70. The molecule has 1 saturated heterocycles. The predicted octanol–water partition coefficient (Wildman–Crippen LogP) is 1.71. The Morgan fingerprint density at radius 3 is 2.32 bits per heavy atom. The molecular weight excluding hydrogens is 260 g/mol. The number of benzene rings is 1. The molecule has 1 fully saturated rings. The van der Waals surface area contributed by atoms with Gasteiger partial charge in [-0.25, -0.2) is 8.42 Å². The average Bonchev–Trinajstić information content (AvgIpc) is 2.38. The van der Waals surface area contributed by atoms with E-state index in [1.54, 1.807) is 4.31 Å². The van der Waals surface area contributed by atoms with Gasteiger partial charge < -0.3 is 0 Å². The molecule has 1 heterocycles. The summed E-state index contributed by atoms with van der Waals surface area (Å²) in [5, 5.41) is 0. The van der Waals surface area contributed by atoms with Gasteiger partial charge in [-0.3, -0.25) is 4.90 Å². The van der Waals surface area contributed by atoms with Gasteiger partial charge in [-0.15, -0.1) is 0 Å². The van der Waals surface area contributed by atoms with E-state index in [0.717, 1.165) is 6.54 Å². The van der Waals surface area contributed by atoms with E-state index in [1.165, 1.54) is 11.8 Å². The Kier molecular flexibility index (Phi) is 4.28. The first-order valence-electron chi connectivity index (χ1n) is 6.65. The van der Waals surface area contributed by atoms with E-state index < -0.39 is 10.0 Å². The summed E-state index contributed by atoms with van der Waals surface area (Å²) in [7, 11) is -3.11. The Balaban J connectivity index is 2.28. The molecular formula is C14H22N2O2S. The van der Waals surface area contributed by atoms with Crippen molar-refractivity contribution in [1.82, 2.24) is 9.21 Å². The maximum atomic E-state index is 11.7. The van der Waals surface area contributed by atoms with E-state index in [-0.39, 0.29) is 6.04 Å². The number of piperazine rings is 1. The first kappa shape index (κ1) is 14.5. The van der Waals surface area contributed by atoms with Crippen LogP contribution in [0.3, 0.4) is 0 Å². The smallest absolute Gasteiger partial charge is 0.211 e. The molecule has 1 atom stereocenters. The third-order valence-corrected chi connectivity index (χ3v) is 4.97. The Morgan fingerprint density at radius 2 is 1.79 bits per heavy atom. The molecule has 0 amide bonds. The lowest BCUT2D eigenvalue weighted by Gasteiger charge is -2.42. The fourth-order valence-corrected chi connectivity index (χ4v) is 3.49. The van der Waals surface area contributed by atoms with Crippen LogP contribution in [0.4, 0.5) is 0 Å². The first-order valence-corrected chi connectivity index (χ1v) is 8.50. The van der Waals surface area contributed by atoms with Crippen LogP contribution < -0.4 is 0 Å². The standard InChI is InChI=1S/C14H22N2O2S/c1-12(2)16-10-9-15(19(3,17)18)11-14(16)13-7-5-4-6-8-13/h4-8,12,14H,9-11H2,1-3H3. The van der Waals surface area contributed by atoms with Crippen LogP contribution in [0, 0.1) is 0 Å². The van der Waals surface area contributed by atoms with Crippen molar-refractivity contribution in [3.05, 3.63) is 35.9 Å². The number of hydrogen-bond acceptors (Lipinski definition) is 3. The molecule has 0 bridgehead atoms. The zero-order chi connectivity index (χ0) is 14.0. The van der Waals surface area contributed by atoms with Crippen LogP contribution in [0.15, 0.2) is 30.3 Å². The monoisotopic (exact) mass is 282 g/mol. The highest BCUT2D eigenvalue weighted by Gasteiger charge is 2.33. The fraction of sp³-hybridized carbons (Fsp3) is 0.571. The van der Waals surface area contributed by atoms with Crippen LogP contribution in [0.25, 0.3) is 0 Å². The molecule has 1 aromatic carbocycles. The molecule has 5 heteroatoms. The second-order valence-corrected chi connectivity index (χ2v) is 7.36. The fourth-order valence-electron chi connectivity index (χ4n) is 2.66. The second-order valence-electron chi connectivity index (χ2n) is 5.38. The van der Waals surface area contributed by atoms with Crippen LogP contribution >= 0.6 is 0 Å². The molecule has 2 rings (SSSR count). The van der Waals surface area contributed by atoms with Crippen molar-refractivity contribution in [2.45, 2.75) is 25.9 Å². The molecule has 1 aromatic rings. The second kappa shape index (κ2) is 5.61. The van der Waals surface area contributed by atoms with Crippen molar-refractivity contribution in [1.29, 1.82) is 0 Å². The molecule has 0 aromatic heterocycles. The van der Waals surface area contributed by atoms with Crippen LogP contribution in [0.1, 0.15) is 25.5 Å². The minimum Gasteiger partial charge on any atom is -0.291 e. The third kappa shape index (κ3) is 3.35. The van der Waals surface area contributed by atoms with Gasteiger partial charge in [0, 0.05) is 31.7 Å². The molecule has 106 valence electrons. The van der Waals surface area contributed by atoms with Crippen LogP contribution in [-0.2, 0) is 10.0 Å². The van der Waals surface area contributed by atoms with Gasteiger partial charge in [0.1, 0.15) is 0 Å². The molecule has 1 unspecified atom stereocenters. The van der Waals surface area contributed by atoms with Gasteiger partial charge in [-0.05, 0) is 19.4 Å². The summed E-state index contributed by atoms with van der Waals surface area (Å²) in [6.45, 7) is 6.23. The average molecular weight is 282 g/mol. The molecule has 4 nitrogen and oxygen atoms in total. The maximum Gasteiger partial charge on any atom is 0.211 e. The minimum atomic E-state index is -3.11. The van der Waals surface area contributed by atoms with E-state index in [1.807, 2.05) is 18.2 Å². The molecule has 0 N–H and O–H groups in total. The van der Waals surface area contributed by atoms with Crippen LogP contribution in [-0.4, -0.2) is 49.6 Å². The Morgan fingerprint density at radius 1 is 1.16 bits per heavy atom. The van der Waals surface area contributed by atoms with Gasteiger partial charge in [-0.1, -0.05) is 30.3 Å². The van der Waals surface area contributed by atoms with Gasteiger partial charge in [0.25, 0.3) is 0 Å². The SMILES string of the molecule is CC(C)N1CCN(S(C)(=O)=O)CC1c1ccccc1. The summed E-state index contributed by atoms with van der Waals surface area (Å²) in [6, 6.07) is 10.7. The lowest BCUT2D eigenvalue weighted by Crippen LogP contribution is -2.52. The normalized spacial score (nSPS) is 22.8. The van der Waals surface area contributed by atoms with Gasteiger partial charge >= 0.3 is 0 Å². The Hall–Kier alpha value is -0.910. The maximum absolute atomic E-state index is 11.7. The molecule has 0 aliphatic carbocycles. The summed E-state index contributed by atoms with van der Waals surface area (Å²) >= 11 is 0.